The van der Waals surface area contributed by atoms with Crippen LogP contribution in [0.15, 0.2) is 12.1 Å². The van der Waals surface area contributed by atoms with Crippen molar-refractivity contribution in [3.63, 3.8) is 0 Å². The Balaban J connectivity index is 2.08. The Morgan fingerprint density at radius 2 is 2.41 bits per heavy atom. The molecule has 2 heterocycles. The minimum absolute atomic E-state index is 0.141. The Morgan fingerprint density at radius 1 is 1.65 bits per heavy atom. The summed E-state index contributed by atoms with van der Waals surface area (Å²) in [5, 5.41) is 17.7. The van der Waals surface area contributed by atoms with E-state index in [1.165, 1.54) is 7.11 Å². The third-order valence-electron chi connectivity index (χ3n) is 2.73. The molecule has 0 saturated carbocycles. The maximum absolute atomic E-state index is 10.7. The van der Waals surface area contributed by atoms with Crippen LogP contribution < -0.4 is 4.74 Å². The van der Waals surface area contributed by atoms with Gasteiger partial charge in [-0.2, -0.15) is 0 Å². The summed E-state index contributed by atoms with van der Waals surface area (Å²) in [5.74, 6) is -0.364. The third kappa shape index (κ3) is 2.54. The Kier molecular flexibility index (Phi) is 3.26. The summed E-state index contributed by atoms with van der Waals surface area (Å²) in [4.78, 5) is 16.6. The van der Waals surface area contributed by atoms with Crippen molar-refractivity contribution in [3.05, 3.63) is 23.4 Å². The molecule has 0 aliphatic carbocycles. The largest absolute Gasteiger partial charge is 0.481 e. The number of ether oxygens (including phenoxy) is 1. The normalized spacial score (nSPS) is 22.2. The number of aliphatic hydroxyl groups is 1. The topological polar surface area (TPSA) is 82.7 Å². The van der Waals surface area contributed by atoms with Crippen LogP contribution in [-0.2, 0) is 17.9 Å². The molecule has 1 aromatic heterocycles. The Hall–Kier alpha value is -1.66. The van der Waals surface area contributed by atoms with Gasteiger partial charge in [0, 0.05) is 18.7 Å². The number of pyridine rings is 1. The zero-order valence-corrected chi connectivity index (χ0v) is 9.46. The molecule has 2 N–H and O–H groups in total. The Morgan fingerprint density at radius 3 is 2.94 bits per heavy atom. The second kappa shape index (κ2) is 4.68. The van der Waals surface area contributed by atoms with E-state index >= 15 is 0 Å². The van der Waals surface area contributed by atoms with Gasteiger partial charge < -0.3 is 14.9 Å². The van der Waals surface area contributed by atoms with Crippen molar-refractivity contribution in [3.8, 4) is 5.88 Å². The summed E-state index contributed by atoms with van der Waals surface area (Å²) < 4.78 is 5.12. The Labute approximate surface area is 98.5 Å². The fraction of sp³-hybridized carbons (Fsp3) is 0.455. The van der Waals surface area contributed by atoms with Crippen LogP contribution in [0.2, 0.25) is 0 Å². The first-order chi connectivity index (χ1) is 8.15. The number of nitrogens with zero attached hydrogens (tertiary/aromatic N) is 2. The standard InChI is InChI=1S/C11H14N2O4/c1-17-10-7(2-3-8(6-14)12-10)4-13-5-9(13)11(15)16/h2-3,9,14H,4-6H2,1H3,(H,15,16). The van der Waals surface area contributed by atoms with E-state index in [9.17, 15) is 4.79 Å². The molecule has 6 nitrogen and oxygen atoms in total. The van der Waals surface area contributed by atoms with E-state index in [1.807, 2.05) is 0 Å². The molecule has 6 heteroatoms. The smallest absolute Gasteiger partial charge is 0.322 e. The molecule has 0 radical (unpaired) electrons. The lowest BCUT2D eigenvalue weighted by molar-refractivity contribution is -0.137. The molecule has 2 rings (SSSR count). The fourth-order valence-corrected chi connectivity index (χ4v) is 1.70. The zero-order chi connectivity index (χ0) is 12.4. The van der Waals surface area contributed by atoms with Crippen LogP contribution in [0.5, 0.6) is 5.88 Å². The zero-order valence-electron chi connectivity index (χ0n) is 9.46. The van der Waals surface area contributed by atoms with Gasteiger partial charge in [-0.05, 0) is 6.07 Å². The van der Waals surface area contributed by atoms with Crippen molar-refractivity contribution in [2.45, 2.75) is 19.2 Å². The number of carbonyl (C=O) groups is 1. The number of aliphatic carboxylic acids is 1. The summed E-state index contributed by atoms with van der Waals surface area (Å²) >= 11 is 0. The van der Waals surface area contributed by atoms with Crippen LogP contribution >= 0.6 is 0 Å². The van der Waals surface area contributed by atoms with Gasteiger partial charge >= 0.3 is 5.97 Å². The lowest BCUT2D eigenvalue weighted by Crippen LogP contribution is -2.12. The van der Waals surface area contributed by atoms with E-state index in [1.54, 1.807) is 17.0 Å². The Bertz CT molecular complexity index is 435. The van der Waals surface area contributed by atoms with Gasteiger partial charge in [-0.25, -0.2) is 4.98 Å². The number of carboxylic acid groups (broad SMARTS) is 1. The SMILES string of the molecule is COc1nc(CO)ccc1CN1CC1C(=O)O. The molecular weight excluding hydrogens is 224 g/mol. The molecule has 1 aliphatic rings. The lowest BCUT2D eigenvalue weighted by Gasteiger charge is -2.09. The van der Waals surface area contributed by atoms with Crippen LogP contribution in [0, 0.1) is 0 Å². The number of rotatable bonds is 5. The van der Waals surface area contributed by atoms with E-state index in [0.29, 0.717) is 24.7 Å². The first-order valence-electron chi connectivity index (χ1n) is 5.26. The molecule has 92 valence electrons. The summed E-state index contributed by atoms with van der Waals surface area (Å²) in [7, 11) is 1.50. The number of hydrogen-bond acceptors (Lipinski definition) is 5. The maximum atomic E-state index is 10.7. The number of carboxylic acids is 1. The van der Waals surface area contributed by atoms with Gasteiger partial charge in [0.2, 0.25) is 5.88 Å². The van der Waals surface area contributed by atoms with Crippen molar-refractivity contribution in [1.29, 1.82) is 0 Å². The van der Waals surface area contributed by atoms with Gasteiger partial charge in [0.1, 0.15) is 6.04 Å². The number of aliphatic hydroxyl groups excluding tert-OH is 1. The molecule has 17 heavy (non-hydrogen) atoms. The van der Waals surface area contributed by atoms with Crippen LogP contribution in [-0.4, -0.2) is 45.8 Å². The van der Waals surface area contributed by atoms with Crippen LogP contribution in [0.25, 0.3) is 0 Å². The molecule has 0 bridgehead atoms. The van der Waals surface area contributed by atoms with Crippen LogP contribution in [0.4, 0.5) is 0 Å². The van der Waals surface area contributed by atoms with Gasteiger partial charge in [-0.1, -0.05) is 6.07 Å². The summed E-state index contributed by atoms with van der Waals surface area (Å²) in [6, 6.07) is 3.11. The van der Waals surface area contributed by atoms with Gasteiger partial charge in [-0.3, -0.25) is 9.69 Å². The van der Waals surface area contributed by atoms with Crippen LogP contribution in [0.3, 0.4) is 0 Å². The first-order valence-corrected chi connectivity index (χ1v) is 5.26. The highest BCUT2D eigenvalue weighted by Gasteiger charge is 2.40. The molecule has 1 aromatic rings. The minimum atomic E-state index is -0.802. The van der Waals surface area contributed by atoms with Gasteiger partial charge in [0.15, 0.2) is 0 Å². The average Bonchev–Trinajstić information content (AvgIpc) is 3.09. The van der Waals surface area contributed by atoms with Gasteiger partial charge in [-0.15, -0.1) is 0 Å². The molecular formula is C11H14N2O4. The van der Waals surface area contributed by atoms with Crippen molar-refractivity contribution >= 4 is 5.97 Å². The lowest BCUT2D eigenvalue weighted by atomic mass is 10.2. The van der Waals surface area contributed by atoms with Crippen LogP contribution in [0.1, 0.15) is 11.3 Å². The molecule has 0 amide bonds. The third-order valence-corrected chi connectivity index (χ3v) is 2.73. The van der Waals surface area contributed by atoms with E-state index in [4.69, 9.17) is 14.9 Å². The van der Waals surface area contributed by atoms with E-state index in [0.717, 1.165) is 5.56 Å². The second-order valence-electron chi connectivity index (χ2n) is 3.91. The summed E-state index contributed by atoms with van der Waals surface area (Å²) in [6.07, 6.45) is 0. The molecule has 1 aliphatic heterocycles. The highest BCUT2D eigenvalue weighted by Crippen LogP contribution is 2.25. The van der Waals surface area contributed by atoms with Crippen molar-refractivity contribution in [1.82, 2.24) is 9.88 Å². The number of aromatic nitrogens is 1. The van der Waals surface area contributed by atoms with Gasteiger partial charge in [0.25, 0.3) is 0 Å². The highest BCUT2D eigenvalue weighted by atomic mass is 16.5. The minimum Gasteiger partial charge on any atom is -0.481 e. The summed E-state index contributed by atoms with van der Waals surface area (Å²) in [5.41, 5.74) is 1.36. The summed E-state index contributed by atoms with van der Waals surface area (Å²) in [6.45, 7) is 0.914. The van der Waals surface area contributed by atoms with Gasteiger partial charge in [0.05, 0.1) is 19.4 Å². The van der Waals surface area contributed by atoms with Crippen molar-refractivity contribution in [2.75, 3.05) is 13.7 Å². The number of methoxy groups -OCH3 is 1. The molecule has 2 atom stereocenters. The molecule has 1 saturated heterocycles. The fourth-order valence-electron chi connectivity index (χ4n) is 1.70. The van der Waals surface area contributed by atoms with E-state index < -0.39 is 12.0 Å². The monoisotopic (exact) mass is 238 g/mol. The quantitative estimate of drug-likeness (QED) is 0.694. The van der Waals surface area contributed by atoms with Crippen molar-refractivity contribution in [2.24, 2.45) is 0 Å². The molecule has 0 aromatic carbocycles. The predicted octanol–water partition coefficient (Wildman–Crippen LogP) is -0.149. The molecule has 1 fully saturated rings. The molecule has 2 unspecified atom stereocenters. The average molecular weight is 238 g/mol. The molecule has 0 spiro atoms. The van der Waals surface area contributed by atoms with Crippen molar-refractivity contribution < 1.29 is 19.7 Å². The maximum Gasteiger partial charge on any atom is 0.322 e. The predicted molar refractivity (Wildman–Crippen MR) is 58.5 cm³/mol. The van der Waals surface area contributed by atoms with E-state index in [2.05, 4.69) is 4.98 Å². The van der Waals surface area contributed by atoms with E-state index in [-0.39, 0.29) is 6.61 Å². The number of hydrogen-bond donors (Lipinski definition) is 2. The first kappa shape index (κ1) is 11.8. The second-order valence-corrected chi connectivity index (χ2v) is 3.91. The highest BCUT2D eigenvalue weighted by molar-refractivity contribution is 5.76.